The lowest BCUT2D eigenvalue weighted by molar-refractivity contribution is -0.229. The maximum atomic E-state index is 12.4. The quantitative estimate of drug-likeness (QED) is 0.732. The van der Waals surface area contributed by atoms with E-state index in [-0.39, 0.29) is 28.6 Å². The highest BCUT2D eigenvalue weighted by Crippen LogP contribution is 2.71. The van der Waals surface area contributed by atoms with Gasteiger partial charge in [-0.05, 0) is 61.2 Å². The molecular formula is C21H34O4. The van der Waals surface area contributed by atoms with E-state index >= 15 is 0 Å². The molecule has 25 heavy (non-hydrogen) atoms. The molecule has 0 bridgehead atoms. The number of rotatable bonds is 1. The van der Waals surface area contributed by atoms with Gasteiger partial charge in [-0.2, -0.15) is 0 Å². The van der Waals surface area contributed by atoms with Crippen molar-refractivity contribution >= 4 is 5.97 Å². The normalized spacial score (nSPS) is 51.2. The van der Waals surface area contributed by atoms with Gasteiger partial charge in [0.2, 0.25) is 0 Å². The largest absolute Gasteiger partial charge is 0.469 e. The Morgan fingerprint density at radius 2 is 1.84 bits per heavy atom. The third-order valence-corrected chi connectivity index (χ3v) is 8.93. The molecule has 4 rings (SSSR count). The predicted octanol–water partition coefficient (Wildman–Crippen LogP) is 3.76. The van der Waals surface area contributed by atoms with Gasteiger partial charge >= 0.3 is 5.97 Å². The van der Waals surface area contributed by atoms with E-state index in [2.05, 4.69) is 20.8 Å². The number of aliphatic hydroxyl groups excluding tert-OH is 1. The first-order chi connectivity index (χ1) is 11.8. The first-order valence-electron chi connectivity index (χ1n) is 10.1. The molecule has 4 fully saturated rings. The first kappa shape index (κ1) is 17.8. The summed E-state index contributed by atoms with van der Waals surface area (Å²) in [4.78, 5) is 12.4. The second-order valence-electron chi connectivity index (χ2n) is 10.1. The van der Waals surface area contributed by atoms with Crippen molar-refractivity contribution in [2.24, 2.45) is 39.9 Å². The van der Waals surface area contributed by atoms with Crippen molar-refractivity contribution in [1.82, 2.24) is 0 Å². The minimum Gasteiger partial charge on any atom is -0.469 e. The molecule has 0 aromatic heterocycles. The number of carbonyl (C=O) groups is 1. The van der Waals surface area contributed by atoms with Crippen molar-refractivity contribution in [3.63, 3.8) is 0 Å². The molecule has 1 aliphatic heterocycles. The zero-order valence-electron chi connectivity index (χ0n) is 16.2. The van der Waals surface area contributed by atoms with Crippen molar-refractivity contribution in [2.75, 3.05) is 13.7 Å². The molecule has 7 atom stereocenters. The molecule has 1 unspecified atom stereocenters. The van der Waals surface area contributed by atoms with Crippen molar-refractivity contribution in [1.29, 1.82) is 0 Å². The van der Waals surface area contributed by atoms with E-state index in [1.807, 2.05) is 0 Å². The maximum Gasteiger partial charge on any atom is 0.309 e. The highest BCUT2D eigenvalue weighted by atomic mass is 16.6. The van der Waals surface area contributed by atoms with E-state index in [0.717, 1.165) is 25.7 Å². The molecule has 4 aliphatic rings. The second kappa shape index (κ2) is 5.69. The van der Waals surface area contributed by atoms with Crippen LogP contribution >= 0.6 is 0 Å². The zero-order valence-corrected chi connectivity index (χ0v) is 16.2. The van der Waals surface area contributed by atoms with Crippen LogP contribution in [0.25, 0.3) is 0 Å². The van der Waals surface area contributed by atoms with Gasteiger partial charge in [-0.3, -0.25) is 4.79 Å². The molecular weight excluding hydrogens is 316 g/mol. The molecule has 0 aromatic carbocycles. The Bertz CT molecular complexity index is 558. The first-order valence-corrected chi connectivity index (χ1v) is 10.1. The van der Waals surface area contributed by atoms with Crippen molar-refractivity contribution in [3.8, 4) is 0 Å². The molecule has 0 radical (unpaired) electrons. The third-order valence-electron chi connectivity index (χ3n) is 8.93. The summed E-state index contributed by atoms with van der Waals surface area (Å²) in [7, 11) is 1.48. The smallest absolute Gasteiger partial charge is 0.309 e. The fourth-order valence-electron chi connectivity index (χ4n) is 7.98. The van der Waals surface area contributed by atoms with Crippen LogP contribution in [-0.2, 0) is 14.3 Å². The number of fused-ring (bicyclic) bond motifs is 2. The van der Waals surface area contributed by atoms with Gasteiger partial charge < -0.3 is 14.6 Å². The van der Waals surface area contributed by atoms with Gasteiger partial charge in [0.05, 0.1) is 19.6 Å². The van der Waals surface area contributed by atoms with Crippen LogP contribution < -0.4 is 0 Å². The van der Waals surface area contributed by atoms with Crippen LogP contribution in [-0.4, -0.2) is 31.1 Å². The average Bonchev–Trinajstić information content (AvgIpc) is 2.89. The number of hydrogen-bond acceptors (Lipinski definition) is 4. The lowest BCUT2D eigenvalue weighted by atomic mass is 9.38. The Labute approximate surface area is 151 Å². The summed E-state index contributed by atoms with van der Waals surface area (Å²) in [6.45, 7) is 7.85. The molecule has 4 nitrogen and oxygen atoms in total. The SMILES string of the molecule is COC(=O)[C@@H]1CCC2[C@@]3(CC[C@H]4C(C)(C)CCC[C@]24C)[C@@H]1CO[C@@H]3O. The van der Waals surface area contributed by atoms with Gasteiger partial charge in [0.25, 0.3) is 0 Å². The second-order valence-corrected chi connectivity index (χ2v) is 10.1. The summed E-state index contributed by atoms with van der Waals surface area (Å²) >= 11 is 0. The minimum absolute atomic E-state index is 0.108. The van der Waals surface area contributed by atoms with E-state index in [4.69, 9.17) is 9.47 Å². The fourth-order valence-corrected chi connectivity index (χ4v) is 7.98. The number of methoxy groups -OCH3 is 1. The molecule has 0 aromatic rings. The van der Waals surface area contributed by atoms with Gasteiger partial charge in [0.15, 0.2) is 6.29 Å². The van der Waals surface area contributed by atoms with Crippen molar-refractivity contribution in [2.45, 2.75) is 72.0 Å². The zero-order chi connectivity index (χ0) is 18.0. The van der Waals surface area contributed by atoms with E-state index in [0.29, 0.717) is 23.9 Å². The number of hydrogen-bond donors (Lipinski definition) is 1. The lowest BCUT2D eigenvalue weighted by Crippen LogP contribution is -2.62. The molecule has 142 valence electrons. The predicted molar refractivity (Wildman–Crippen MR) is 94.6 cm³/mol. The summed E-state index contributed by atoms with van der Waals surface area (Å²) in [5.41, 5.74) is 0.359. The van der Waals surface area contributed by atoms with E-state index in [1.165, 1.54) is 26.4 Å². The van der Waals surface area contributed by atoms with Gasteiger partial charge in [-0.25, -0.2) is 0 Å². The van der Waals surface area contributed by atoms with E-state index in [9.17, 15) is 9.90 Å². The van der Waals surface area contributed by atoms with E-state index < -0.39 is 6.29 Å². The molecule has 1 spiro atoms. The molecule has 1 heterocycles. The van der Waals surface area contributed by atoms with Gasteiger partial charge in [0.1, 0.15) is 0 Å². The van der Waals surface area contributed by atoms with Crippen LogP contribution in [0.4, 0.5) is 0 Å². The monoisotopic (exact) mass is 350 g/mol. The molecule has 1 saturated heterocycles. The Kier molecular flexibility index (Phi) is 4.05. The highest BCUT2D eigenvalue weighted by molar-refractivity contribution is 5.73. The van der Waals surface area contributed by atoms with Crippen LogP contribution in [0.2, 0.25) is 0 Å². The summed E-state index contributed by atoms with van der Waals surface area (Å²) in [6.07, 6.45) is 7.12. The number of ether oxygens (including phenoxy) is 2. The molecule has 3 aliphatic carbocycles. The topological polar surface area (TPSA) is 55.8 Å². The van der Waals surface area contributed by atoms with E-state index in [1.54, 1.807) is 0 Å². The minimum atomic E-state index is -0.724. The van der Waals surface area contributed by atoms with Gasteiger partial charge in [-0.1, -0.05) is 27.2 Å². The molecule has 1 N–H and O–H groups in total. The van der Waals surface area contributed by atoms with Gasteiger partial charge in [0, 0.05) is 11.3 Å². The van der Waals surface area contributed by atoms with Crippen LogP contribution in [0.15, 0.2) is 0 Å². The fraction of sp³-hybridized carbons (Fsp3) is 0.952. The number of aliphatic hydroxyl groups is 1. The number of esters is 1. The Morgan fingerprint density at radius 3 is 2.56 bits per heavy atom. The van der Waals surface area contributed by atoms with Crippen LogP contribution in [0.5, 0.6) is 0 Å². The maximum absolute atomic E-state index is 12.4. The summed E-state index contributed by atoms with van der Waals surface area (Å²) in [6, 6.07) is 0. The average molecular weight is 350 g/mol. The van der Waals surface area contributed by atoms with Gasteiger partial charge in [-0.15, -0.1) is 0 Å². The molecule has 4 heteroatoms. The molecule has 0 amide bonds. The summed E-state index contributed by atoms with van der Waals surface area (Å²) in [5.74, 6) is 1.03. The highest BCUT2D eigenvalue weighted by Gasteiger charge is 2.69. The molecule has 3 saturated carbocycles. The van der Waals surface area contributed by atoms with Crippen LogP contribution in [0, 0.1) is 39.9 Å². The van der Waals surface area contributed by atoms with Crippen molar-refractivity contribution in [3.05, 3.63) is 0 Å². The number of carbonyl (C=O) groups excluding carboxylic acids is 1. The Morgan fingerprint density at radius 1 is 1.08 bits per heavy atom. The Balaban J connectivity index is 1.75. The van der Waals surface area contributed by atoms with Crippen LogP contribution in [0.3, 0.4) is 0 Å². The summed E-state index contributed by atoms with van der Waals surface area (Å²) in [5, 5.41) is 10.9. The Hall–Kier alpha value is -0.610. The standard InChI is InChI=1S/C21H34O4/c1-19(2)9-5-10-20(3)15(19)8-11-21-14(12-25-18(21)23)13(17(22)24-4)6-7-16(20)21/h13-16,18,23H,5-12H2,1-4H3/t13-,14-,15+,16?,18+,20+,21-/m1/s1. The van der Waals surface area contributed by atoms with Crippen LogP contribution in [0.1, 0.15) is 65.7 Å². The third kappa shape index (κ3) is 2.22. The summed E-state index contributed by atoms with van der Waals surface area (Å²) < 4.78 is 10.9. The van der Waals surface area contributed by atoms with Crippen molar-refractivity contribution < 1.29 is 19.4 Å². The lowest BCUT2D eigenvalue weighted by Gasteiger charge is -2.65.